The molecule has 0 bridgehead atoms. The van der Waals surface area contributed by atoms with Gasteiger partial charge in [-0.05, 0) is 19.2 Å². The summed E-state index contributed by atoms with van der Waals surface area (Å²) in [7, 11) is 1.34. The number of hydrogen-bond donors (Lipinski definition) is 1. The lowest BCUT2D eigenvalue weighted by atomic mass is 10.3. The van der Waals surface area contributed by atoms with Gasteiger partial charge in [-0.2, -0.15) is 13.2 Å². The van der Waals surface area contributed by atoms with E-state index in [0.717, 1.165) is 4.90 Å². The monoisotopic (exact) mass is 253 g/mol. The van der Waals surface area contributed by atoms with Gasteiger partial charge in [0, 0.05) is 6.54 Å². The maximum atomic E-state index is 12.1. The molecule has 0 saturated heterocycles. The number of aromatic nitrogens is 1. The summed E-state index contributed by atoms with van der Waals surface area (Å²) in [5, 5.41) is 0.309. The highest BCUT2D eigenvalue weighted by Gasteiger charge is 2.29. The smallest absolute Gasteiger partial charge is 0.384 e. The van der Waals surface area contributed by atoms with Crippen LogP contribution in [0.5, 0.6) is 0 Å². The van der Waals surface area contributed by atoms with Crippen LogP contribution in [0.4, 0.5) is 19.0 Å². The molecule has 1 rings (SSSR count). The van der Waals surface area contributed by atoms with Crippen molar-refractivity contribution in [3.05, 3.63) is 22.8 Å². The average molecular weight is 254 g/mol. The summed E-state index contributed by atoms with van der Waals surface area (Å²) >= 11 is 5.79. The molecular formula is C9H11ClF3N3. The second-order valence-electron chi connectivity index (χ2n) is 3.45. The highest BCUT2D eigenvalue weighted by atomic mass is 35.5. The van der Waals surface area contributed by atoms with Gasteiger partial charge in [0.05, 0.1) is 17.3 Å². The van der Waals surface area contributed by atoms with E-state index in [1.54, 1.807) is 0 Å². The van der Waals surface area contributed by atoms with Gasteiger partial charge in [-0.1, -0.05) is 11.6 Å². The van der Waals surface area contributed by atoms with Crippen LogP contribution in [0.15, 0.2) is 12.1 Å². The zero-order chi connectivity index (χ0) is 12.3. The van der Waals surface area contributed by atoms with Gasteiger partial charge in [0.15, 0.2) is 0 Å². The lowest BCUT2D eigenvalue weighted by Gasteiger charge is -2.18. The zero-order valence-electron chi connectivity index (χ0n) is 8.55. The molecule has 7 heteroatoms. The van der Waals surface area contributed by atoms with Gasteiger partial charge in [0.1, 0.15) is 5.82 Å². The van der Waals surface area contributed by atoms with Crippen LogP contribution >= 0.6 is 11.6 Å². The molecule has 0 saturated carbocycles. The maximum Gasteiger partial charge on any atom is 0.401 e. The summed E-state index contributed by atoms with van der Waals surface area (Å²) in [6.07, 6.45) is -4.23. The Morgan fingerprint density at radius 2 is 2.06 bits per heavy atom. The third kappa shape index (κ3) is 4.24. The SMILES string of the molecule is CN(Cc1nc(N)ccc1Cl)CC(F)(F)F. The lowest BCUT2D eigenvalue weighted by Crippen LogP contribution is -2.31. The number of hydrogen-bond acceptors (Lipinski definition) is 3. The van der Waals surface area contributed by atoms with Gasteiger partial charge in [0.2, 0.25) is 0 Å². The Kier molecular flexibility index (Phi) is 3.98. The van der Waals surface area contributed by atoms with Crippen molar-refractivity contribution < 1.29 is 13.2 Å². The second kappa shape index (κ2) is 4.88. The molecule has 3 nitrogen and oxygen atoms in total. The van der Waals surface area contributed by atoms with E-state index in [2.05, 4.69) is 4.98 Å². The van der Waals surface area contributed by atoms with Crippen LogP contribution in [-0.4, -0.2) is 29.7 Å². The number of pyridine rings is 1. The van der Waals surface area contributed by atoms with Crippen molar-refractivity contribution in [1.29, 1.82) is 0 Å². The highest BCUT2D eigenvalue weighted by Crippen LogP contribution is 2.20. The molecular weight excluding hydrogens is 243 g/mol. The quantitative estimate of drug-likeness (QED) is 0.899. The summed E-state index contributed by atoms with van der Waals surface area (Å²) < 4.78 is 36.2. The fourth-order valence-corrected chi connectivity index (χ4v) is 1.39. The van der Waals surface area contributed by atoms with E-state index in [1.165, 1.54) is 19.2 Å². The molecule has 0 atom stereocenters. The zero-order valence-corrected chi connectivity index (χ0v) is 9.31. The van der Waals surface area contributed by atoms with Crippen molar-refractivity contribution in [3.63, 3.8) is 0 Å². The van der Waals surface area contributed by atoms with Crippen molar-refractivity contribution >= 4 is 17.4 Å². The molecule has 0 aliphatic heterocycles. The molecule has 0 spiro atoms. The Labute approximate surface area is 96.0 Å². The molecule has 1 aromatic heterocycles. The van der Waals surface area contributed by atoms with E-state index < -0.39 is 12.7 Å². The molecule has 0 aromatic carbocycles. The molecule has 0 unspecified atom stereocenters. The minimum Gasteiger partial charge on any atom is -0.384 e. The van der Waals surface area contributed by atoms with Gasteiger partial charge in [-0.25, -0.2) is 4.98 Å². The molecule has 16 heavy (non-hydrogen) atoms. The third-order valence-corrected chi connectivity index (χ3v) is 2.15. The summed E-state index contributed by atoms with van der Waals surface area (Å²) in [4.78, 5) is 4.96. The molecule has 90 valence electrons. The molecule has 1 aromatic rings. The number of alkyl halides is 3. The number of nitrogens with zero attached hydrogens (tertiary/aromatic N) is 2. The lowest BCUT2D eigenvalue weighted by molar-refractivity contribution is -0.144. The maximum absolute atomic E-state index is 12.1. The Bertz CT molecular complexity index is 368. The number of halogens is 4. The van der Waals surface area contributed by atoms with Crippen molar-refractivity contribution in [2.75, 3.05) is 19.3 Å². The van der Waals surface area contributed by atoms with E-state index in [9.17, 15) is 13.2 Å². The summed E-state index contributed by atoms with van der Waals surface area (Å²) in [5.41, 5.74) is 5.76. The van der Waals surface area contributed by atoms with Crippen LogP contribution in [0.3, 0.4) is 0 Å². The van der Waals surface area contributed by atoms with Crippen LogP contribution in [-0.2, 0) is 6.54 Å². The minimum atomic E-state index is -4.23. The molecule has 0 fully saturated rings. The van der Waals surface area contributed by atoms with E-state index >= 15 is 0 Å². The highest BCUT2D eigenvalue weighted by molar-refractivity contribution is 6.31. The number of nitrogen functional groups attached to an aromatic ring is 1. The van der Waals surface area contributed by atoms with Crippen LogP contribution in [0.1, 0.15) is 5.69 Å². The molecule has 0 aliphatic rings. The van der Waals surface area contributed by atoms with E-state index in [0.29, 0.717) is 10.7 Å². The summed E-state index contributed by atoms with van der Waals surface area (Å²) in [5.74, 6) is 0.236. The van der Waals surface area contributed by atoms with Crippen molar-refractivity contribution in [1.82, 2.24) is 9.88 Å². The number of nitrogens with two attached hydrogens (primary N) is 1. The van der Waals surface area contributed by atoms with E-state index in [4.69, 9.17) is 17.3 Å². The fourth-order valence-electron chi connectivity index (χ4n) is 1.23. The largest absolute Gasteiger partial charge is 0.401 e. The first-order chi connectivity index (χ1) is 7.28. The molecule has 0 radical (unpaired) electrons. The molecule has 0 amide bonds. The standard InChI is InChI=1S/C9H11ClF3N3/c1-16(5-9(11,12)13)4-7-6(10)2-3-8(14)15-7/h2-3H,4-5H2,1H3,(H2,14,15). The predicted molar refractivity (Wildman–Crippen MR) is 56.0 cm³/mol. The molecule has 0 aliphatic carbocycles. The third-order valence-electron chi connectivity index (χ3n) is 1.81. The average Bonchev–Trinajstić information content (AvgIpc) is 2.08. The van der Waals surface area contributed by atoms with Gasteiger partial charge in [-0.15, -0.1) is 0 Å². The van der Waals surface area contributed by atoms with Crippen LogP contribution in [0.2, 0.25) is 5.02 Å². The summed E-state index contributed by atoms with van der Waals surface area (Å²) in [6.45, 7) is -1.01. The normalized spacial score (nSPS) is 12.1. The van der Waals surface area contributed by atoms with Gasteiger partial charge < -0.3 is 5.73 Å². The first-order valence-electron chi connectivity index (χ1n) is 4.44. The van der Waals surface area contributed by atoms with E-state index in [1.807, 2.05) is 0 Å². The van der Waals surface area contributed by atoms with Crippen molar-refractivity contribution in [2.24, 2.45) is 0 Å². The van der Waals surface area contributed by atoms with Crippen LogP contribution in [0.25, 0.3) is 0 Å². The first kappa shape index (κ1) is 13.1. The fraction of sp³-hybridized carbons (Fsp3) is 0.444. The minimum absolute atomic E-state index is 0.00336. The first-order valence-corrected chi connectivity index (χ1v) is 4.82. The molecule has 2 N–H and O–H groups in total. The van der Waals surface area contributed by atoms with Gasteiger partial charge in [-0.3, -0.25) is 4.90 Å². The second-order valence-corrected chi connectivity index (χ2v) is 3.86. The van der Waals surface area contributed by atoms with Crippen LogP contribution < -0.4 is 5.73 Å². The number of anilines is 1. The Hall–Kier alpha value is -1.01. The van der Waals surface area contributed by atoms with Gasteiger partial charge in [0.25, 0.3) is 0 Å². The topological polar surface area (TPSA) is 42.2 Å². The van der Waals surface area contributed by atoms with Crippen molar-refractivity contribution in [2.45, 2.75) is 12.7 Å². The van der Waals surface area contributed by atoms with Crippen LogP contribution in [0, 0.1) is 0 Å². The Balaban J connectivity index is 2.69. The Morgan fingerprint density at radius 1 is 1.44 bits per heavy atom. The Morgan fingerprint density at radius 3 is 2.62 bits per heavy atom. The number of rotatable bonds is 3. The van der Waals surface area contributed by atoms with Gasteiger partial charge >= 0.3 is 6.18 Å². The molecule has 1 heterocycles. The van der Waals surface area contributed by atoms with Crippen molar-refractivity contribution in [3.8, 4) is 0 Å². The summed E-state index contributed by atoms with van der Waals surface area (Å²) in [6, 6.07) is 3.01. The predicted octanol–water partition coefficient (Wildman–Crippen LogP) is 2.31. The van der Waals surface area contributed by atoms with E-state index in [-0.39, 0.29) is 12.4 Å².